The summed E-state index contributed by atoms with van der Waals surface area (Å²) in [4.78, 5) is 1.29. The van der Waals surface area contributed by atoms with Crippen molar-refractivity contribution in [2.24, 2.45) is 0 Å². The van der Waals surface area contributed by atoms with E-state index in [1.807, 2.05) is 0 Å². The molecule has 0 aliphatic carbocycles. The minimum absolute atomic E-state index is 0.0651. The number of hydrogen-bond acceptors (Lipinski definition) is 3. The molecule has 20 heavy (non-hydrogen) atoms. The molecule has 6 heteroatoms. The van der Waals surface area contributed by atoms with Crippen LogP contribution in [-0.2, 0) is 0 Å². The summed E-state index contributed by atoms with van der Waals surface area (Å²) in [6.45, 7) is 4.02. The Kier molecular flexibility index (Phi) is 5.28. The Labute approximate surface area is 117 Å². The summed E-state index contributed by atoms with van der Waals surface area (Å²) in [6, 6.07) is 3.76. The second kappa shape index (κ2) is 6.35. The highest BCUT2D eigenvalue weighted by Crippen LogP contribution is 2.34. The Morgan fingerprint density at radius 2 is 1.85 bits per heavy atom. The van der Waals surface area contributed by atoms with Gasteiger partial charge in [-0.1, -0.05) is 6.07 Å². The second-order valence-corrected chi connectivity index (χ2v) is 4.98. The first-order chi connectivity index (χ1) is 9.15. The predicted molar refractivity (Wildman–Crippen MR) is 71.0 cm³/mol. The first-order valence-corrected chi connectivity index (χ1v) is 6.35. The third-order valence-corrected chi connectivity index (χ3v) is 3.21. The van der Waals surface area contributed by atoms with Crippen LogP contribution in [-0.4, -0.2) is 35.9 Å². The molecule has 0 heterocycles. The van der Waals surface area contributed by atoms with Crippen molar-refractivity contribution in [1.82, 2.24) is 4.90 Å². The van der Waals surface area contributed by atoms with Crippen LogP contribution in [0.3, 0.4) is 0 Å². The summed E-state index contributed by atoms with van der Waals surface area (Å²) in [5.41, 5.74) is 0.448. The maximum Gasteiger partial charge on any atom is 0.401 e. The van der Waals surface area contributed by atoms with Gasteiger partial charge in [0.25, 0.3) is 0 Å². The Hall–Kier alpha value is -1.43. The molecule has 0 fully saturated rings. The maximum absolute atomic E-state index is 12.6. The van der Waals surface area contributed by atoms with Crippen molar-refractivity contribution in [2.45, 2.75) is 39.0 Å². The number of hydrogen-bond donors (Lipinski definition) is 1. The maximum atomic E-state index is 12.6. The predicted octanol–water partition coefficient (Wildman–Crippen LogP) is 3.73. The monoisotopic (exact) mass is 291 g/mol. The second-order valence-electron chi connectivity index (χ2n) is 4.98. The van der Waals surface area contributed by atoms with Gasteiger partial charge in [-0.15, -0.1) is 0 Å². The van der Waals surface area contributed by atoms with E-state index in [9.17, 15) is 18.3 Å². The molecule has 3 nitrogen and oxygen atoms in total. The SMILES string of the molecule is COc1ccc(C(C)N(CC(F)(F)F)C(C)C)c(O)c1. The summed E-state index contributed by atoms with van der Waals surface area (Å²) in [5, 5.41) is 9.93. The molecule has 0 aliphatic heterocycles. The lowest BCUT2D eigenvalue weighted by atomic mass is 10.0. The average molecular weight is 291 g/mol. The zero-order chi connectivity index (χ0) is 15.5. The number of phenols is 1. The van der Waals surface area contributed by atoms with E-state index in [2.05, 4.69) is 0 Å². The van der Waals surface area contributed by atoms with E-state index in [1.54, 1.807) is 32.9 Å². The Bertz CT molecular complexity index is 447. The highest BCUT2D eigenvalue weighted by atomic mass is 19.4. The lowest BCUT2D eigenvalue weighted by Gasteiger charge is -2.33. The first-order valence-electron chi connectivity index (χ1n) is 6.35. The number of aromatic hydroxyl groups is 1. The van der Waals surface area contributed by atoms with Gasteiger partial charge in [-0.05, 0) is 26.8 Å². The topological polar surface area (TPSA) is 32.7 Å². The Morgan fingerprint density at radius 3 is 2.25 bits per heavy atom. The van der Waals surface area contributed by atoms with Gasteiger partial charge in [-0.2, -0.15) is 13.2 Å². The van der Waals surface area contributed by atoms with Gasteiger partial charge < -0.3 is 9.84 Å². The summed E-state index contributed by atoms with van der Waals surface area (Å²) < 4.78 is 42.9. The zero-order valence-electron chi connectivity index (χ0n) is 12.0. The lowest BCUT2D eigenvalue weighted by molar-refractivity contribution is -0.154. The minimum Gasteiger partial charge on any atom is -0.507 e. The van der Waals surface area contributed by atoms with Crippen molar-refractivity contribution < 1.29 is 23.0 Å². The van der Waals surface area contributed by atoms with E-state index >= 15 is 0 Å². The standard InChI is InChI=1S/C14H20F3NO2/c1-9(2)18(8-14(15,16)17)10(3)12-6-5-11(20-4)7-13(12)19/h5-7,9-10,19H,8H2,1-4H3. The van der Waals surface area contributed by atoms with Crippen LogP contribution >= 0.6 is 0 Å². The van der Waals surface area contributed by atoms with Gasteiger partial charge in [-0.25, -0.2) is 0 Å². The number of methoxy groups -OCH3 is 1. The molecule has 1 aromatic carbocycles. The van der Waals surface area contributed by atoms with Crippen molar-refractivity contribution in [2.75, 3.05) is 13.7 Å². The number of phenolic OH excluding ortho intramolecular Hbond substituents is 1. The van der Waals surface area contributed by atoms with Crippen LogP contribution in [0.2, 0.25) is 0 Å². The van der Waals surface area contributed by atoms with Crippen molar-refractivity contribution in [3.05, 3.63) is 23.8 Å². The van der Waals surface area contributed by atoms with Crippen LogP contribution in [0.5, 0.6) is 11.5 Å². The number of benzene rings is 1. The van der Waals surface area contributed by atoms with Gasteiger partial charge in [0.1, 0.15) is 11.5 Å². The van der Waals surface area contributed by atoms with Crippen LogP contribution in [0, 0.1) is 0 Å². The summed E-state index contributed by atoms with van der Waals surface area (Å²) in [6.07, 6.45) is -4.28. The summed E-state index contributed by atoms with van der Waals surface area (Å²) >= 11 is 0. The van der Waals surface area contributed by atoms with Gasteiger partial charge in [0, 0.05) is 23.7 Å². The molecule has 0 radical (unpaired) electrons. The largest absolute Gasteiger partial charge is 0.507 e. The molecule has 0 saturated carbocycles. The van der Waals surface area contributed by atoms with Crippen LogP contribution in [0.15, 0.2) is 18.2 Å². The Morgan fingerprint density at radius 1 is 1.25 bits per heavy atom. The van der Waals surface area contributed by atoms with E-state index in [4.69, 9.17) is 4.74 Å². The molecular weight excluding hydrogens is 271 g/mol. The molecule has 1 unspecified atom stereocenters. The van der Waals surface area contributed by atoms with Crippen molar-refractivity contribution >= 4 is 0 Å². The molecule has 1 N–H and O–H groups in total. The molecule has 0 spiro atoms. The normalized spacial score (nSPS) is 13.8. The fourth-order valence-electron chi connectivity index (χ4n) is 2.16. The molecule has 0 amide bonds. The third kappa shape index (κ3) is 4.30. The fraction of sp³-hybridized carbons (Fsp3) is 0.571. The molecule has 1 aromatic rings. The van der Waals surface area contributed by atoms with Crippen LogP contribution < -0.4 is 4.74 Å². The molecule has 0 aromatic heterocycles. The fourth-order valence-corrected chi connectivity index (χ4v) is 2.16. The summed E-state index contributed by atoms with van der Waals surface area (Å²) in [5.74, 6) is 0.398. The smallest absolute Gasteiger partial charge is 0.401 e. The number of nitrogens with zero attached hydrogens (tertiary/aromatic N) is 1. The van der Waals surface area contributed by atoms with E-state index in [1.165, 1.54) is 18.1 Å². The third-order valence-electron chi connectivity index (χ3n) is 3.21. The average Bonchev–Trinajstić information content (AvgIpc) is 2.33. The molecule has 0 aliphatic rings. The van der Waals surface area contributed by atoms with E-state index in [-0.39, 0.29) is 11.8 Å². The zero-order valence-corrected chi connectivity index (χ0v) is 12.0. The quantitative estimate of drug-likeness (QED) is 0.897. The van der Waals surface area contributed by atoms with E-state index < -0.39 is 18.8 Å². The van der Waals surface area contributed by atoms with Crippen LogP contribution in [0.1, 0.15) is 32.4 Å². The Balaban J connectivity index is 3.03. The number of halogens is 3. The van der Waals surface area contributed by atoms with Gasteiger partial charge in [-0.3, -0.25) is 4.90 Å². The number of alkyl halides is 3. The van der Waals surface area contributed by atoms with Crippen molar-refractivity contribution in [3.63, 3.8) is 0 Å². The molecule has 114 valence electrons. The minimum atomic E-state index is -4.28. The lowest BCUT2D eigenvalue weighted by Crippen LogP contribution is -2.40. The van der Waals surface area contributed by atoms with Gasteiger partial charge in [0.15, 0.2) is 0 Å². The van der Waals surface area contributed by atoms with Gasteiger partial charge >= 0.3 is 6.18 Å². The van der Waals surface area contributed by atoms with Crippen molar-refractivity contribution in [1.29, 1.82) is 0 Å². The van der Waals surface area contributed by atoms with Gasteiger partial charge in [0.2, 0.25) is 0 Å². The van der Waals surface area contributed by atoms with Crippen LogP contribution in [0.4, 0.5) is 13.2 Å². The van der Waals surface area contributed by atoms with Gasteiger partial charge in [0.05, 0.1) is 13.7 Å². The van der Waals surface area contributed by atoms with Crippen LogP contribution in [0.25, 0.3) is 0 Å². The first kappa shape index (κ1) is 16.6. The summed E-state index contributed by atoms with van der Waals surface area (Å²) in [7, 11) is 1.46. The molecule has 0 saturated heterocycles. The molecular formula is C14H20F3NO2. The molecule has 0 bridgehead atoms. The van der Waals surface area contributed by atoms with E-state index in [0.717, 1.165) is 0 Å². The van der Waals surface area contributed by atoms with E-state index in [0.29, 0.717) is 11.3 Å². The molecule has 1 rings (SSSR count). The highest BCUT2D eigenvalue weighted by Gasteiger charge is 2.34. The van der Waals surface area contributed by atoms with Crippen molar-refractivity contribution in [3.8, 4) is 11.5 Å². The highest BCUT2D eigenvalue weighted by molar-refractivity contribution is 5.41. The number of ether oxygens (including phenoxy) is 1. The molecule has 1 atom stereocenters. The number of rotatable bonds is 5.